The molecule has 0 fully saturated rings. The minimum absolute atomic E-state index is 0.0469. The largest absolute Gasteiger partial charge is 0.333 e. The molecule has 0 aliphatic heterocycles. The highest BCUT2D eigenvalue weighted by Gasteiger charge is 2.19. The van der Waals surface area contributed by atoms with E-state index in [0.29, 0.717) is 0 Å². The molecular weight excluding hydrogens is 126 g/mol. The molecule has 0 saturated heterocycles. The molecule has 0 aromatic heterocycles. The molecule has 0 aliphatic carbocycles. The molecule has 0 heterocycles. The Bertz CT molecular complexity index is 142. The molecule has 0 bridgehead atoms. The third-order valence-corrected chi connectivity index (χ3v) is 1.06. The zero-order valence-corrected chi connectivity index (χ0v) is 7.06. The van der Waals surface area contributed by atoms with Gasteiger partial charge in [-0.3, -0.25) is 4.79 Å². The predicted octanol–water partition coefficient (Wildman–Crippen LogP) is 1.68. The summed E-state index contributed by atoms with van der Waals surface area (Å²) >= 11 is 0. The number of carbonyl (C=O) groups is 1. The van der Waals surface area contributed by atoms with Crippen LogP contribution in [-0.4, -0.2) is 5.91 Å². The quantitative estimate of drug-likeness (QED) is 0.591. The van der Waals surface area contributed by atoms with Gasteiger partial charge in [-0.05, 0) is 13.1 Å². The third kappa shape index (κ3) is 3.28. The second-order valence-electron chi connectivity index (χ2n) is 3.22. The first-order valence-electron chi connectivity index (χ1n) is 3.40. The number of carbonyl (C=O) groups excluding carboxylic acids is 1. The van der Waals surface area contributed by atoms with Crippen molar-refractivity contribution in [1.29, 1.82) is 0 Å². The van der Waals surface area contributed by atoms with Crippen molar-refractivity contribution in [2.45, 2.75) is 27.7 Å². The van der Waals surface area contributed by atoms with Gasteiger partial charge in [0.05, 0.1) is 0 Å². The average Bonchev–Trinajstić information content (AvgIpc) is 1.80. The van der Waals surface area contributed by atoms with Crippen LogP contribution in [0.3, 0.4) is 0 Å². The summed E-state index contributed by atoms with van der Waals surface area (Å²) in [5.41, 5.74) is -0.292. The lowest BCUT2D eigenvalue weighted by molar-refractivity contribution is -0.127. The lowest BCUT2D eigenvalue weighted by Gasteiger charge is -2.15. The van der Waals surface area contributed by atoms with Gasteiger partial charge in [-0.25, -0.2) is 0 Å². The average molecular weight is 141 g/mol. The Labute approximate surface area is 62.3 Å². The lowest BCUT2D eigenvalue weighted by Crippen LogP contribution is -2.31. The van der Waals surface area contributed by atoms with E-state index in [2.05, 4.69) is 5.32 Å². The standard InChI is InChI=1S/C8H15NO/c1-5-6-9-7(10)8(2,3)4/h5-6H,1-4H3,(H,9,10). The van der Waals surface area contributed by atoms with Gasteiger partial charge in [0.1, 0.15) is 0 Å². The van der Waals surface area contributed by atoms with Gasteiger partial charge in [0.25, 0.3) is 0 Å². The van der Waals surface area contributed by atoms with E-state index in [1.165, 1.54) is 0 Å². The van der Waals surface area contributed by atoms with Crippen molar-refractivity contribution in [1.82, 2.24) is 5.32 Å². The predicted molar refractivity (Wildman–Crippen MR) is 42.4 cm³/mol. The molecule has 1 N–H and O–H groups in total. The third-order valence-electron chi connectivity index (χ3n) is 1.06. The molecule has 0 radical (unpaired) electrons. The molecule has 2 nitrogen and oxygen atoms in total. The van der Waals surface area contributed by atoms with Gasteiger partial charge in [-0.15, -0.1) is 0 Å². The van der Waals surface area contributed by atoms with E-state index in [9.17, 15) is 4.79 Å². The van der Waals surface area contributed by atoms with Crippen LogP contribution >= 0.6 is 0 Å². The van der Waals surface area contributed by atoms with E-state index in [0.717, 1.165) is 0 Å². The first-order valence-corrected chi connectivity index (χ1v) is 3.40. The molecule has 0 rings (SSSR count). The van der Waals surface area contributed by atoms with Gasteiger partial charge in [0.2, 0.25) is 5.91 Å². The summed E-state index contributed by atoms with van der Waals surface area (Å²) in [6, 6.07) is 0. The highest BCUT2D eigenvalue weighted by atomic mass is 16.2. The van der Waals surface area contributed by atoms with Gasteiger partial charge >= 0.3 is 0 Å². The topological polar surface area (TPSA) is 29.1 Å². The fourth-order valence-corrected chi connectivity index (χ4v) is 0.376. The maximum absolute atomic E-state index is 11.1. The molecule has 0 saturated carbocycles. The summed E-state index contributed by atoms with van der Waals surface area (Å²) in [7, 11) is 0. The molecule has 0 aliphatic rings. The van der Waals surface area contributed by atoms with E-state index < -0.39 is 0 Å². The summed E-state index contributed by atoms with van der Waals surface area (Å²) < 4.78 is 0. The van der Waals surface area contributed by atoms with Crippen molar-refractivity contribution in [2.24, 2.45) is 5.41 Å². The summed E-state index contributed by atoms with van der Waals surface area (Å²) in [6.07, 6.45) is 3.44. The number of hydrogen-bond acceptors (Lipinski definition) is 1. The molecular formula is C8H15NO. The van der Waals surface area contributed by atoms with Crippen LogP contribution in [0.5, 0.6) is 0 Å². The van der Waals surface area contributed by atoms with Gasteiger partial charge in [0, 0.05) is 5.41 Å². The van der Waals surface area contributed by atoms with Crippen molar-refractivity contribution in [2.75, 3.05) is 0 Å². The van der Waals surface area contributed by atoms with E-state index in [1.807, 2.05) is 27.7 Å². The maximum Gasteiger partial charge on any atom is 0.229 e. The lowest BCUT2D eigenvalue weighted by atomic mass is 9.96. The Morgan fingerprint density at radius 3 is 2.20 bits per heavy atom. The van der Waals surface area contributed by atoms with Crippen molar-refractivity contribution < 1.29 is 4.79 Å². The van der Waals surface area contributed by atoms with Crippen molar-refractivity contribution in [3.63, 3.8) is 0 Å². The van der Waals surface area contributed by atoms with Crippen LogP contribution in [0.4, 0.5) is 0 Å². The van der Waals surface area contributed by atoms with Gasteiger partial charge in [-0.1, -0.05) is 26.8 Å². The number of rotatable bonds is 1. The molecule has 2 heteroatoms. The SMILES string of the molecule is CC=CNC(=O)C(C)(C)C. The number of allylic oxidation sites excluding steroid dienone is 1. The monoisotopic (exact) mass is 141 g/mol. The summed E-state index contributed by atoms with van der Waals surface area (Å²) in [5.74, 6) is 0.0469. The first-order chi connectivity index (χ1) is 4.48. The van der Waals surface area contributed by atoms with Crippen LogP contribution in [0.2, 0.25) is 0 Å². The van der Waals surface area contributed by atoms with Crippen LogP contribution in [0, 0.1) is 5.41 Å². The first kappa shape index (κ1) is 9.21. The van der Waals surface area contributed by atoms with Crippen LogP contribution in [0.1, 0.15) is 27.7 Å². The second-order valence-corrected chi connectivity index (χ2v) is 3.22. The molecule has 0 aromatic rings. The molecule has 0 spiro atoms. The van der Waals surface area contributed by atoms with Crippen molar-refractivity contribution >= 4 is 5.91 Å². The van der Waals surface area contributed by atoms with E-state index in [-0.39, 0.29) is 11.3 Å². The number of hydrogen-bond donors (Lipinski definition) is 1. The Balaban J connectivity index is 3.86. The van der Waals surface area contributed by atoms with E-state index in [4.69, 9.17) is 0 Å². The Morgan fingerprint density at radius 1 is 1.40 bits per heavy atom. The molecule has 10 heavy (non-hydrogen) atoms. The minimum atomic E-state index is -0.292. The molecule has 0 unspecified atom stereocenters. The molecule has 1 amide bonds. The van der Waals surface area contributed by atoms with Gasteiger partial charge in [-0.2, -0.15) is 0 Å². The number of amides is 1. The molecule has 0 aromatic carbocycles. The van der Waals surface area contributed by atoms with Gasteiger partial charge in [0.15, 0.2) is 0 Å². The van der Waals surface area contributed by atoms with Crippen molar-refractivity contribution in [3.05, 3.63) is 12.3 Å². The normalized spacial score (nSPS) is 12.0. The summed E-state index contributed by atoms with van der Waals surface area (Å²) in [5, 5.41) is 2.65. The highest BCUT2D eigenvalue weighted by molar-refractivity contribution is 5.82. The summed E-state index contributed by atoms with van der Waals surface area (Å²) in [4.78, 5) is 11.1. The van der Waals surface area contributed by atoms with Crippen LogP contribution in [-0.2, 0) is 4.79 Å². The Kier molecular flexibility index (Phi) is 3.13. The van der Waals surface area contributed by atoms with E-state index >= 15 is 0 Å². The Morgan fingerprint density at radius 2 is 1.90 bits per heavy atom. The fraction of sp³-hybridized carbons (Fsp3) is 0.625. The van der Waals surface area contributed by atoms with Crippen LogP contribution in [0.15, 0.2) is 12.3 Å². The van der Waals surface area contributed by atoms with Crippen LogP contribution < -0.4 is 5.32 Å². The zero-order valence-electron chi connectivity index (χ0n) is 7.06. The maximum atomic E-state index is 11.1. The second kappa shape index (κ2) is 3.40. The highest BCUT2D eigenvalue weighted by Crippen LogP contribution is 2.11. The van der Waals surface area contributed by atoms with Crippen LogP contribution in [0.25, 0.3) is 0 Å². The molecule has 58 valence electrons. The smallest absolute Gasteiger partial charge is 0.229 e. The number of nitrogens with one attached hydrogen (secondary N) is 1. The molecule has 0 atom stereocenters. The Hall–Kier alpha value is -0.790. The van der Waals surface area contributed by atoms with E-state index in [1.54, 1.807) is 12.3 Å². The van der Waals surface area contributed by atoms with Gasteiger partial charge < -0.3 is 5.32 Å². The fourth-order valence-electron chi connectivity index (χ4n) is 0.376. The van der Waals surface area contributed by atoms with Crippen molar-refractivity contribution in [3.8, 4) is 0 Å². The minimum Gasteiger partial charge on any atom is -0.333 e. The zero-order chi connectivity index (χ0) is 8.20. The summed E-state index contributed by atoms with van der Waals surface area (Å²) in [6.45, 7) is 7.51.